The molecule has 1 unspecified atom stereocenters. The van der Waals surface area contributed by atoms with Gasteiger partial charge in [-0.3, -0.25) is 19.7 Å². The van der Waals surface area contributed by atoms with Crippen LogP contribution in [0.15, 0.2) is 66.7 Å². The van der Waals surface area contributed by atoms with Crippen LogP contribution in [0.2, 0.25) is 5.02 Å². The van der Waals surface area contributed by atoms with Gasteiger partial charge in [-0.05, 0) is 48.5 Å². The Balaban J connectivity index is 1.62. The third-order valence-corrected chi connectivity index (χ3v) is 5.75. The fourth-order valence-corrected chi connectivity index (χ4v) is 4.02. The Kier molecular flexibility index (Phi) is 5.14. The Hall–Kier alpha value is -4.04. The summed E-state index contributed by atoms with van der Waals surface area (Å²) in [6, 6.07) is 17.2. The fraction of sp³-hybridized carbons (Fsp3) is 0.0833. The number of carbonyl (C=O) groups excluding carboxylic acids is 3. The first kappa shape index (κ1) is 20.8. The molecular weight excluding hydrogens is 447 g/mol. The first-order valence-corrected chi connectivity index (χ1v) is 10.5. The normalized spacial score (nSPS) is 15.6. The Bertz CT molecular complexity index is 1430. The number of benzene rings is 3. The highest BCUT2D eigenvalue weighted by Gasteiger charge is 2.32. The Morgan fingerprint density at radius 2 is 1.85 bits per heavy atom. The summed E-state index contributed by atoms with van der Waals surface area (Å²) in [5, 5.41) is 10.7. The minimum Gasteiger partial charge on any atom is -0.340 e. The molecule has 1 saturated heterocycles. The number of hydrogen-bond donors (Lipinski definition) is 2. The molecule has 4 aromatic rings. The maximum atomic E-state index is 13.5. The van der Waals surface area contributed by atoms with Gasteiger partial charge in [0.2, 0.25) is 11.8 Å². The fourth-order valence-electron chi connectivity index (χ4n) is 3.80. The number of amides is 3. The van der Waals surface area contributed by atoms with E-state index >= 15 is 0 Å². The summed E-state index contributed by atoms with van der Waals surface area (Å²) in [6.07, 6.45) is -0.100. The quantitative estimate of drug-likeness (QED) is 0.453. The third kappa shape index (κ3) is 3.85. The SMILES string of the molecule is O=C1CC(NC(=O)c2ccc3c(-c4ccccc4Cl)nn(-c4ccc(F)cc4)c3c2)C(=O)N1. The zero-order valence-electron chi connectivity index (χ0n) is 17.0. The molecule has 5 rings (SSSR count). The third-order valence-electron chi connectivity index (χ3n) is 5.42. The lowest BCUT2D eigenvalue weighted by molar-refractivity contribution is -0.125. The van der Waals surface area contributed by atoms with E-state index in [0.717, 1.165) is 5.39 Å². The molecule has 3 aromatic carbocycles. The molecule has 1 aliphatic heterocycles. The molecular formula is C24H16ClFN4O3. The summed E-state index contributed by atoms with van der Waals surface area (Å²) in [7, 11) is 0. The van der Waals surface area contributed by atoms with Gasteiger partial charge in [0.25, 0.3) is 5.91 Å². The highest BCUT2D eigenvalue weighted by molar-refractivity contribution is 6.33. The molecule has 0 radical (unpaired) electrons. The lowest BCUT2D eigenvalue weighted by Crippen LogP contribution is -2.40. The number of nitrogens with one attached hydrogen (secondary N) is 2. The number of rotatable bonds is 4. The minimum absolute atomic E-state index is 0.100. The Labute approximate surface area is 192 Å². The standard InChI is InChI=1S/C24H16ClFN4O3/c25-18-4-2-1-3-16(18)22-17-10-5-13(23(32)27-19-12-21(31)28-24(19)33)11-20(17)30(29-22)15-8-6-14(26)7-9-15/h1-11,19H,12H2,(H,27,32)(H,28,31,33). The van der Waals surface area contributed by atoms with E-state index in [-0.39, 0.29) is 17.8 Å². The van der Waals surface area contributed by atoms with Crippen LogP contribution in [-0.4, -0.2) is 33.5 Å². The van der Waals surface area contributed by atoms with Crippen LogP contribution < -0.4 is 10.6 Å². The van der Waals surface area contributed by atoms with Crippen molar-refractivity contribution in [3.8, 4) is 16.9 Å². The van der Waals surface area contributed by atoms with Crippen molar-refractivity contribution in [2.45, 2.75) is 12.5 Å². The zero-order chi connectivity index (χ0) is 23.1. The maximum Gasteiger partial charge on any atom is 0.252 e. The van der Waals surface area contributed by atoms with Crippen molar-refractivity contribution in [3.05, 3.63) is 83.1 Å². The van der Waals surface area contributed by atoms with E-state index in [0.29, 0.717) is 27.5 Å². The van der Waals surface area contributed by atoms with Crippen LogP contribution in [0.3, 0.4) is 0 Å². The second kappa shape index (κ2) is 8.14. The molecule has 7 nitrogen and oxygen atoms in total. The first-order valence-electron chi connectivity index (χ1n) is 10.1. The number of nitrogens with zero attached hydrogens (tertiary/aromatic N) is 2. The number of halogens is 2. The molecule has 1 aromatic heterocycles. The van der Waals surface area contributed by atoms with Crippen molar-refractivity contribution in [3.63, 3.8) is 0 Å². The maximum absolute atomic E-state index is 13.5. The highest BCUT2D eigenvalue weighted by atomic mass is 35.5. The molecule has 164 valence electrons. The lowest BCUT2D eigenvalue weighted by atomic mass is 10.1. The number of hydrogen-bond acceptors (Lipinski definition) is 4. The molecule has 0 saturated carbocycles. The van der Waals surface area contributed by atoms with Gasteiger partial charge >= 0.3 is 0 Å². The minimum atomic E-state index is -0.915. The van der Waals surface area contributed by atoms with Crippen molar-refractivity contribution in [1.29, 1.82) is 0 Å². The molecule has 3 amide bonds. The second-order valence-corrected chi connectivity index (χ2v) is 8.00. The van der Waals surface area contributed by atoms with E-state index in [4.69, 9.17) is 16.7 Å². The molecule has 33 heavy (non-hydrogen) atoms. The lowest BCUT2D eigenvalue weighted by Gasteiger charge is -2.10. The number of imide groups is 1. The van der Waals surface area contributed by atoms with Gasteiger partial charge in [-0.25, -0.2) is 9.07 Å². The van der Waals surface area contributed by atoms with Crippen LogP contribution in [0.5, 0.6) is 0 Å². The van der Waals surface area contributed by atoms with E-state index in [1.807, 2.05) is 18.2 Å². The van der Waals surface area contributed by atoms with Gasteiger partial charge < -0.3 is 5.32 Å². The monoisotopic (exact) mass is 462 g/mol. The van der Waals surface area contributed by atoms with Gasteiger partial charge in [0.1, 0.15) is 17.6 Å². The predicted molar refractivity (Wildman–Crippen MR) is 120 cm³/mol. The molecule has 0 aliphatic carbocycles. The Morgan fingerprint density at radius 3 is 2.55 bits per heavy atom. The van der Waals surface area contributed by atoms with E-state index in [1.54, 1.807) is 41.1 Å². The molecule has 2 heterocycles. The largest absolute Gasteiger partial charge is 0.340 e. The van der Waals surface area contributed by atoms with Crippen LogP contribution in [0.1, 0.15) is 16.8 Å². The van der Waals surface area contributed by atoms with Gasteiger partial charge in [0, 0.05) is 16.5 Å². The molecule has 0 spiro atoms. The van der Waals surface area contributed by atoms with Gasteiger partial charge in [0.05, 0.1) is 22.6 Å². The molecule has 1 atom stereocenters. The van der Waals surface area contributed by atoms with Gasteiger partial charge in [-0.15, -0.1) is 0 Å². The van der Waals surface area contributed by atoms with Gasteiger partial charge in [-0.2, -0.15) is 5.10 Å². The molecule has 0 bridgehead atoms. The number of aromatic nitrogens is 2. The Morgan fingerprint density at radius 1 is 1.09 bits per heavy atom. The van der Waals surface area contributed by atoms with E-state index in [2.05, 4.69) is 10.6 Å². The first-order chi connectivity index (χ1) is 15.9. The molecule has 1 fully saturated rings. The average Bonchev–Trinajstić information content (AvgIpc) is 3.33. The molecule has 2 N–H and O–H groups in total. The van der Waals surface area contributed by atoms with Crippen molar-refractivity contribution in [2.75, 3.05) is 0 Å². The average molecular weight is 463 g/mol. The predicted octanol–water partition coefficient (Wildman–Crippen LogP) is 3.63. The van der Waals surface area contributed by atoms with Crippen LogP contribution in [0, 0.1) is 5.82 Å². The smallest absolute Gasteiger partial charge is 0.252 e. The summed E-state index contributed by atoms with van der Waals surface area (Å²) >= 11 is 6.41. The molecule has 9 heteroatoms. The van der Waals surface area contributed by atoms with E-state index in [9.17, 15) is 18.8 Å². The zero-order valence-corrected chi connectivity index (χ0v) is 17.8. The van der Waals surface area contributed by atoms with Gasteiger partial charge in [0.15, 0.2) is 0 Å². The van der Waals surface area contributed by atoms with E-state index in [1.165, 1.54) is 12.1 Å². The summed E-state index contributed by atoms with van der Waals surface area (Å²) in [4.78, 5) is 36.1. The van der Waals surface area contributed by atoms with Gasteiger partial charge in [-0.1, -0.05) is 29.8 Å². The molecule has 1 aliphatic rings. The van der Waals surface area contributed by atoms with Crippen molar-refractivity contribution in [2.24, 2.45) is 0 Å². The highest BCUT2D eigenvalue weighted by Crippen LogP contribution is 2.34. The van der Waals surface area contributed by atoms with Crippen molar-refractivity contribution < 1.29 is 18.8 Å². The summed E-state index contributed by atoms with van der Waals surface area (Å²) in [6.45, 7) is 0. The van der Waals surface area contributed by atoms with Crippen LogP contribution in [0.25, 0.3) is 27.8 Å². The number of carbonyl (C=O) groups is 3. The summed E-state index contributed by atoms with van der Waals surface area (Å²) < 4.78 is 15.1. The topological polar surface area (TPSA) is 93.1 Å². The van der Waals surface area contributed by atoms with Crippen LogP contribution in [0.4, 0.5) is 4.39 Å². The van der Waals surface area contributed by atoms with Crippen LogP contribution in [-0.2, 0) is 9.59 Å². The number of fused-ring (bicyclic) bond motifs is 1. The van der Waals surface area contributed by atoms with E-state index < -0.39 is 23.8 Å². The second-order valence-electron chi connectivity index (χ2n) is 7.59. The van der Waals surface area contributed by atoms with Crippen molar-refractivity contribution in [1.82, 2.24) is 20.4 Å². The summed E-state index contributed by atoms with van der Waals surface area (Å²) in [5.74, 6) is -1.85. The van der Waals surface area contributed by atoms with Crippen LogP contribution >= 0.6 is 11.6 Å². The summed E-state index contributed by atoms with van der Waals surface area (Å²) in [5.41, 5.74) is 2.79. The van der Waals surface area contributed by atoms with Crippen molar-refractivity contribution >= 4 is 40.2 Å².